The van der Waals surface area contributed by atoms with Gasteiger partial charge in [-0.15, -0.1) is 11.3 Å². The fraction of sp³-hybridized carbons (Fsp3) is 0. The Bertz CT molecular complexity index is 680. The van der Waals surface area contributed by atoms with Gasteiger partial charge in [-0.25, -0.2) is 0 Å². The second-order valence-electron chi connectivity index (χ2n) is 3.42. The van der Waals surface area contributed by atoms with Crippen molar-refractivity contribution < 1.29 is 9.59 Å². The number of pyridine rings is 1. The van der Waals surface area contributed by atoms with Crippen LogP contribution in [-0.2, 0) is 0 Å². The number of aromatic amines is 1. The van der Waals surface area contributed by atoms with Crippen molar-refractivity contribution in [3.8, 4) is 0 Å². The number of hydrazine groups is 1. The summed E-state index contributed by atoms with van der Waals surface area (Å²) in [6, 6.07) is 6.64. The largest absolute Gasteiger partial charge is 0.352 e. The molecule has 98 valence electrons. The molecule has 2 aromatic heterocycles. The minimum Gasteiger partial charge on any atom is -0.352 e. The molecule has 0 aliphatic rings. The van der Waals surface area contributed by atoms with E-state index < -0.39 is 5.91 Å². The van der Waals surface area contributed by atoms with Crippen molar-refractivity contribution in [2.75, 3.05) is 0 Å². The first kappa shape index (κ1) is 13.9. The van der Waals surface area contributed by atoms with E-state index in [1.807, 2.05) is 0 Å². The number of nitrogens with one attached hydrogen (secondary N) is 3. The highest BCUT2D eigenvalue weighted by Gasteiger charge is 2.11. The van der Waals surface area contributed by atoms with Crippen LogP contribution in [0.25, 0.3) is 0 Å². The fourth-order valence-electron chi connectivity index (χ4n) is 1.28. The molecule has 0 saturated heterocycles. The molecule has 0 aliphatic carbocycles. The first-order chi connectivity index (χ1) is 9.08. The molecule has 2 amide bonds. The number of thiophene rings is 1. The number of hydrogen-bond acceptors (Lipinski definition) is 4. The minimum absolute atomic E-state index is 0.296. The number of carbonyl (C=O) groups is 2. The zero-order valence-electron chi connectivity index (χ0n) is 9.40. The highest BCUT2D eigenvalue weighted by molar-refractivity contribution is 9.11. The summed E-state index contributed by atoms with van der Waals surface area (Å²) in [6.07, 6.45) is 1.63. The van der Waals surface area contributed by atoms with E-state index in [4.69, 9.17) is 12.2 Å². The van der Waals surface area contributed by atoms with Crippen LogP contribution >= 0.6 is 39.5 Å². The van der Waals surface area contributed by atoms with E-state index in [1.165, 1.54) is 11.3 Å². The Hall–Kier alpha value is -1.51. The van der Waals surface area contributed by atoms with Gasteiger partial charge in [0.15, 0.2) is 0 Å². The highest BCUT2D eigenvalue weighted by atomic mass is 79.9. The summed E-state index contributed by atoms with van der Waals surface area (Å²) < 4.78 is 1.16. The number of rotatable bonds is 2. The van der Waals surface area contributed by atoms with E-state index in [0.29, 0.717) is 15.1 Å². The summed E-state index contributed by atoms with van der Waals surface area (Å²) in [5, 5.41) is 0. The zero-order chi connectivity index (χ0) is 13.8. The molecule has 0 atom stereocenters. The van der Waals surface area contributed by atoms with E-state index in [2.05, 4.69) is 31.8 Å². The number of amides is 2. The normalized spacial score (nSPS) is 9.95. The topological polar surface area (TPSA) is 74.0 Å². The highest BCUT2D eigenvalue weighted by Crippen LogP contribution is 2.21. The molecule has 0 aromatic carbocycles. The van der Waals surface area contributed by atoms with Gasteiger partial charge < -0.3 is 4.98 Å². The third kappa shape index (κ3) is 3.49. The lowest BCUT2D eigenvalue weighted by atomic mass is 10.3. The third-order valence-electron chi connectivity index (χ3n) is 2.15. The van der Waals surface area contributed by atoms with Crippen LogP contribution in [0, 0.1) is 4.64 Å². The summed E-state index contributed by atoms with van der Waals surface area (Å²) in [5.74, 6) is -0.847. The summed E-state index contributed by atoms with van der Waals surface area (Å²) in [7, 11) is 0. The van der Waals surface area contributed by atoms with Crippen LogP contribution in [0.4, 0.5) is 0 Å². The van der Waals surface area contributed by atoms with E-state index in [0.717, 1.165) is 3.79 Å². The number of hydrogen-bond donors (Lipinski definition) is 3. The predicted octanol–water partition coefficient (Wildman–Crippen LogP) is 2.64. The third-order valence-corrected chi connectivity index (χ3v) is 4.11. The summed E-state index contributed by atoms with van der Waals surface area (Å²) in [6.45, 7) is 0. The Morgan fingerprint density at radius 2 is 1.95 bits per heavy atom. The van der Waals surface area contributed by atoms with Crippen molar-refractivity contribution >= 4 is 51.3 Å². The molecule has 2 aromatic rings. The maximum atomic E-state index is 11.8. The molecule has 0 unspecified atom stereocenters. The molecule has 0 radical (unpaired) electrons. The molecule has 0 bridgehead atoms. The number of carbonyl (C=O) groups excluding carboxylic acids is 2. The van der Waals surface area contributed by atoms with Crippen LogP contribution in [0.15, 0.2) is 34.2 Å². The van der Waals surface area contributed by atoms with Gasteiger partial charge in [0, 0.05) is 6.20 Å². The van der Waals surface area contributed by atoms with Gasteiger partial charge in [-0.3, -0.25) is 20.4 Å². The Morgan fingerprint density at radius 1 is 1.21 bits per heavy atom. The van der Waals surface area contributed by atoms with Crippen LogP contribution in [0.1, 0.15) is 20.0 Å². The first-order valence-electron chi connectivity index (χ1n) is 5.11. The second kappa shape index (κ2) is 6.09. The standard InChI is InChI=1S/C11H8BrN3O2S2/c12-8-4-3-7(19-8)10(17)15-14-9(16)6-2-1-5-13-11(6)18/h1-5H,(H,13,18)(H,14,16)(H,15,17). The van der Waals surface area contributed by atoms with Gasteiger partial charge in [0.25, 0.3) is 11.8 Å². The van der Waals surface area contributed by atoms with Gasteiger partial charge in [-0.05, 0) is 40.2 Å². The van der Waals surface area contributed by atoms with Crippen LogP contribution in [0.2, 0.25) is 0 Å². The smallest absolute Gasteiger partial charge is 0.279 e. The van der Waals surface area contributed by atoms with Crippen molar-refractivity contribution in [3.05, 3.63) is 49.3 Å². The van der Waals surface area contributed by atoms with Crippen molar-refractivity contribution in [1.82, 2.24) is 15.8 Å². The van der Waals surface area contributed by atoms with Crippen molar-refractivity contribution in [2.45, 2.75) is 0 Å². The molecule has 0 saturated carbocycles. The monoisotopic (exact) mass is 357 g/mol. The van der Waals surface area contributed by atoms with Crippen molar-refractivity contribution in [2.24, 2.45) is 0 Å². The van der Waals surface area contributed by atoms with Gasteiger partial charge in [0.05, 0.1) is 14.2 Å². The van der Waals surface area contributed by atoms with Crippen molar-refractivity contribution in [3.63, 3.8) is 0 Å². The predicted molar refractivity (Wildman–Crippen MR) is 78.6 cm³/mol. The first-order valence-corrected chi connectivity index (χ1v) is 7.13. The number of halogens is 1. The van der Waals surface area contributed by atoms with Crippen LogP contribution < -0.4 is 10.9 Å². The molecule has 0 spiro atoms. The van der Waals surface area contributed by atoms with Crippen LogP contribution in [-0.4, -0.2) is 16.8 Å². The average Bonchev–Trinajstić information content (AvgIpc) is 2.83. The van der Waals surface area contributed by atoms with Gasteiger partial charge in [-0.1, -0.05) is 12.2 Å². The zero-order valence-corrected chi connectivity index (χ0v) is 12.6. The summed E-state index contributed by atoms with van der Waals surface area (Å²) in [5.41, 5.74) is 4.94. The summed E-state index contributed by atoms with van der Waals surface area (Å²) in [4.78, 5) is 26.7. The van der Waals surface area contributed by atoms with Crippen LogP contribution in [0.5, 0.6) is 0 Å². The lowest BCUT2D eigenvalue weighted by molar-refractivity contribution is 0.0848. The lowest BCUT2D eigenvalue weighted by Gasteiger charge is -2.05. The number of H-pyrrole nitrogens is 1. The van der Waals surface area contributed by atoms with Crippen LogP contribution in [0.3, 0.4) is 0 Å². The molecule has 19 heavy (non-hydrogen) atoms. The van der Waals surface area contributed by atoms with E-state index in [1.54, 1.807) is 30.5 Å². The summed E-state index contributed by atoms with van der Waals surface area (Å²) >= 11 is 9.50. The molecule has 0 aliphatic heterocycles. The second-order valence-corrected chi connectivity index (χ2v) is 6.30. The average molecular weight is 358 g/mol. The van der Waals surface area contributed by atoms with E-state index in [9.17, 15) is 9.59 Å². The number of aromatic nitrogens is 1. The molecule has 3 N–H and O–H groups in total. The van der Waals surface area contributed by atoms with E-state index >= 15 is 0 Å². The Labute approximate surface area is 126 Å². The lowest BCUT2D eigenvalue weighted by Crippen LogP contribution is -2.41. The maximum Gasteiger partial charge on any atom is 0.279 e. The molecule has 0 fully saturated rings. The Kier molecular flexibility index (Phi) is 4.46. The molecule has 5 nitrogen and oxygen atoms in total. The molecular weight excluding hydrogens is 350 g/mol. The van der Waals surface area contributed by atoms with Gasteiger partial charge in [-0.2, -0.15) is 0 Å². The minimum atomic E-state index is -0.467. The van der Waals surface area contributed by atoms with Gasteiger partial charge >= 0.3 is 0 Å². The van der Waals surface area contributed by atoms with Gasteiger partial charge in [0.1, 0.15) is 4.64 Å². The van der Waals surface area contributed by atoms with E-state index in [-0.39, 0.29) is 5.91 Å². The van der Waals surface area contributed by atoms with Crippen molar-refractivity contribution in [1.29, 1.82) is 0 Å². The SMILES string of the molecule is O=C(NNC(=O)c1ccc[nH]c1=S)c1ccc(Br)s1. The maximum absolute atomic E-state index is 11.8. The van der Waals surface area contributed by atoms with Gasteiger partial charge in [0.2, 0.25) is 0 Å². The quantitative estimate of drug-likeness (QED) is 0.571. The molecule has 2 rings (SSSR count). The fourth-order valence-corrected chi connectivity index (χ4v) is 2.79. The molecule has 8 heteroatoms. The Morgan fingerprint density at radius 3 is 2.58 bits per heavy atom. The Balaban J connectivity index is 2.00. The molecular formula is C11H8BrN3O2S2. The molecule has 2 heterocycles.